The van der Waals surface area contributed by atoms with E-state index >= 15 is 0 Å². The quantitative estimate of drug-likeness (QED) is 0.413. The fraction of sp³-hybridized carbons (Fsp3) is 0.583. The van der Waals surface area contributed by atoms with Gasteiger partial charge in [0.15, 0.2) is 0 Å². The van der Waals surface area contributed by atoms with Gasteiger partial charge < -0.3 is 9.30 Å². The molecule has 1 aromatic heterocycles. The number of hydrogen-bond acceptors (Lipinski definition) is 4. The minimum Gasteiger partial charge on any atom is -0.461 e. The minimum atomic E-state index is -4.10. The van der Waals surface area contributed by atoms with Gasteiger partial charge in [-0.1, -0.05) is 19.8 Å². The summed E-state index contributed by atoms with van der Waals surface area (Å²) in [6, 6.07) is 0.937. The van der Waals surface area contributed by atoms with E-state index in [2.05, 4.69) is 0 Å². The van der Waals surface area contributed by atoms with E-state index in [4.69, 9.17) is 15.4 Å². The van der Waals surface area contributed by atoms with E-state index < -0.39 is 32.9 Å². The van der Waals surface area contributed by atoms with Crippen LogP contribution in [0, 0.1) is 0 Å². The van der Waals surface area contributed by atoms with E-state index in [0.29, 0.717) is 6.42 Å². The lowest BCUT2D eigenvalue weighted by atomic mass is 10.3. The standard InChI is InChI=1S/C12H16ClF2NO4S/c1-2-3-4-5-20-12(17)10-6-9(21(13,18)19)7-16(10)8-11(14)15/h6-7,11H,2-5,8H2,1H3. The van der Waals surface area contributed by atoms with Crippen LogP contribution < -0.4 is 0 Å². The molecule has 9 heteroatoms. The Kier molecular flexibility index (Phi) is 6.60. The molecule has 120 valence electrons. The first-order valence-electron chi connectivity index (χ1n) is 6.35. The largest absolute Gasteiger partial charge is 0.461 e. The molecular formula is C12H16ClF2NO4S. The number of ether oxygens (including phenoxy) is 1. The molecule has 0 saturated heterocycles. The number of alkyl halides is 2. The maximum Gasteiger partial charge on any atom is 0.354 e. The first-order chi connectivity index (χ1) is 9.75. The number of nitrogens with zero attached hydrogens (tertiary/aromatic N) is 1. The lowest BCUT2D eigenvalue weighted by Crippen LogP contribution is -2.15. The lowest BCUT2D eigenvalue weighted by molar-refractivity contribution is 0.0478. The summed E-state index contributed by atoms with van der Waals surface area (Å²) in [7, 11) is 1.05. The highest BCUT2D eigenvalue weighted by atomic mass is 35.7. The predicted molar refractivity (Wildman–Crippen MR) is 73.3 cm³/mol. The number of halogens is 3. The minimum absolute atomic E-state index is 0.148. The van der Waals surface area contributed by atoms with Gasteiger partial charge in [0.25, 0.3) is 15.5 Å². The summed E-state index contributed by atoms with van der Waals surface area (Å²) in [6.07, 6.45) is 0.616. The highest BCUT2D eigenvalue weighted by molar-refractivity contribution is 8.13. The molecule has 1 rings (SSSR count). The van der Waals surface area contributed by atoms with Crippen LogP contribution in [0.15, 0.2) is 17.2 Å². The monoisotopic (exact) mass is 343 g/mol. The Hall–Kier alpha value is -1.15. The van der Waals surface area contributed by atoms with Gasteiger partial charge in [-0.15, -0.1) is 0 Å². The Morgan fingerprint density at radius 3 is 2.62 bits per heavy atom. The molecule has 0 aromatic carbocycles. The molecule has 0 fully saturated rings. The molecule has 0 aliphatic heterocycles. The van der Waals surface area contributed by atoms with Crippen molar-refractivity contribution in [3.8, 4) is 0 Å². The highest BCUT2D eigenvalue weighted by Gasteiger charge is 2.22. The molecule has 1 aromatic rings. The number of rotatable bonds is 8. The average Bonchev–Trinajstić information content (AvgIpc) is 2.77. The number of aromatic nitrogens is 1. The van der Waals surface area contributed by atoms with Crippen LogP contribution in [0.25, 0.3) is 0 Å². The van der Waals surface area contributed by atoms with Crippen LogP contribution in [-0.4, -0.2) is 32.0 Å². The zero-order chi connectivity index (χ0) is 16.0. The molecule has 0 bridgehead atoms. The molecule has 0 saturated carbocycles. The fourth-order valence-electron chi connectivity index (χ4n) is 1.68. The van der Waals surface area contributed by atoms with Crippen molar-refractivity contribution >= 4 is 25.7 Å². The van der Waals surface area contributed by atoms with Gasteiger partial charge in [-0.25, -0.2) is 22.0 Å². The second-order valence-electron chi connectivity index (χ2n) is 4.39. The Bertz CT molecular complexity index is 586. The van der Waals surface area contributed by atoms with Crippen LogP contribution in [0.2, 0.25) is 0 Å². The summed E-state index contributed by atoms with van der Waals surface area (Å²) in [5.74, 6) is -0.849. The van der Waals surface area contributed by atoms with Crippen LogP contribution in [-0.2, 0) is 20.3 Å². The molecule has 0 aliphatic carbocycles. The normalized spacial score (nSPS) is 11.9. The Labute approximate surface area is 126 Å². The van der Waals surface area contributed by atoms with E-state index in [1.807, 2.05) is 6.92 Å². The summed E-state index contributed by atoms with van der Waals surface area (Å²) in [4.78, 5) is 11.4. The average molecular weight is 344 g/mol. The van der Waals surface area contributed by atoms with Crippen LogP contribution in [0.3, 0.4) is 0 Å². The van der Waals surface area contributed by atoms with Crippen molar-refractivity contribution < 1.29 is 26.7 Å². The van der Waals surface area contributed by atoms with Crippen molar-refractivity contribution in [3.05, 3.63) is 18.0 Å². The number of esters is 1. The summed E-state index contributed by atoms with van der Waals surface area (Å²) in [5.41, 5.74) is -0.258. The van der Waals surface area contributed by atoms with E-state index in [0.717, 1.165) is 29.7 Å². The SMILES string of the molecule is CCCCCOC(=O)c1cc(S(=O)(=O)Cl)cn1CC(F)F. The van der Waals surface area contributed by atoms with Gasteiger partial charge in [-0.2, -0.15) is 0 Å². The summed E-state index contributed by atoms with van der Waals surface area (Å²) < 4.78 is 53.1. The van der Waals surface area contributed by atoms with Gasteiger partial charge in [-0.3, -0.25) is 0 Å². The zero-order valence-corrected chi connectivity index (χ0v) is 13.0. The van der Waals surface area contributed by atoms with E-state index in [-0.39, 0.29) is 12.3 Å². The van der Waals surface area contributed by atoms with E-state index in [1.54, 1.807) is 0 Å². The summed E-state index contributed by atoms with van der Waals surface area (Å²) in [6.45, 7) is 1.31. The third-order valence-electron chi connectivity index (χ3n) is 2.68. The number of unbranched alkanes of at least 4 members (excludes halogenated alkanes) is 2. The summed E-state index contributed by atoms with van der Waals surface area (Å²) in [5, 5.41) is 0. The first-order valence-corrected chi connectivity index (χ1v) is 8.66. The Balaban J connectivity index is 2.92. The zero-order valence-electron chi connectivity index (χ0n) is 11.4. The molecule has 21 heavy (non-hydrogen) atoms. The topological polar surface area (TPSA) is 65.4 Å². The van der Waals surface area contributed by atoms with Gasteiger partial charge in [-0.05, 0) is 12.5 Å². The third kappa shape index (κ3) is 5.62. The van der Waals surface area contributed by atoms with Crippen molar-refractivity contribution in [2.24, 2.45) is 0 Å². The van der Waals surface area contributed by atoms with Gasteiger partial charge in [0.2, 0.25) is 0 Å². The molecule has 1 heterocycles. The van der Waals surface area contributed by atoms with Gasteiger partial charge in [0.05, 0.1) is 13.2 Å². The molecule has 0 atom stereocenters. The molecular weight excluding hydrogens is 328 g/mol. The van der Waals surface area contributed by atoms with Crippen molar-refractivity contribution in [2.75, 3.05) is 6.61 Å². The molecule has 0 spiro atoms. The smallest absolute Gasteiger partial charge is 0.354 e. The van der Waals surface area contributed by atoms with Gasteiger partial charge in [0, 0.05) is 16.9 Å². The Morgan fingerprint density at radius 2 is 2.10 bits per heavy atom. The van der Waals surface area contributed by atoms with Crippen molar-refractivity contribution in [1.82, 2.24) is 4.57 Å². The summed E-state index contributed by atoms with van der Waals surface area (Å²) >= 11 is 0. The fourth-order valence-corrected chi connectivity index (χ4v) is 2.44. The van der Waals surface area contributed by atoms with Crippen molar-refractivity contribution in [3.63, 3.8) is 0 Å². The second kappa shape index (κ2) is 7.74. The third-order valence-corrected chi connectivity index (χ3v) is 4.00. The highest BCUT2D eigenvalue weighted by Crippen LogP contribution is 2.20. The molecule has 0 radical (unpaired) electrons. The molecule has 5 nitrogen and oxygen atoms in total. The molecule has 0 unspecified atom stereocenters. The lowest BCUT2D eigenvalue weighted by Gasteiger charge is -2.08. The first kappa shape index (κ1) is 17.9. The van der Waals surface area contributed by atoms with E-state index in [9.17, 15) is 22.0 Å². The molecule has 0 amide bonds. The number of carbonyl (C=O) groups excluding carboxylic acids is 1. The number of hydrogen-bond donors (Lipinski definition) is 0. The molecule has 0 aliphatic rings. The number of carbonyl (C=O) groups is 1. The van der Waals surface area contributed by atoms with Crippen molar-refractivity contribution in [2.45, 2.75) is 44.1 Å². The molecule has 0 N–H and O–H groups in total. The van der Waals surface area contributed by atoms with Crippen LogP contribution in [0.4, 0.5) is 8.78 Å². The van der Waals surface area contributed by atoms with Gasteiger partial charge >= 0.3 is 5.97 Å². The predicted octanol–water partition coefficient (Wildman–Crippen LogP) is 3.03. The van der Waals surface area contributed by atoms with Crippen LogP contribution in [0.5, 0.6) is 0 Å². The van der Waals surface area contributed by atoms with Gasteiger partial charge in [0.1, 0.15) is 10.6 Å². The maximum atomic E-state index is 12.5. The second-order valence-corrected chi connectivity index (χ2v) is 6.95. The maximum absolute atomic E-state index is 12.5. The van der Waals surface area contributed by atoms with E-state index in [1.165, 1.54) is 0 Å². The van der Waals surface area contributed by atoms with Crippen LogP contribution in [0.1, 0.15) is 36.7 Å². The van der Waals surface area contributed by atoms with Crippen LogP contribution >= 0.6 is 10.7 Å². The van der Waals surface area contributed by atoms with Crippen molar-refractivity contribution in [1.29, 1.82) is 0 Å². The Morgan fingerprint density at radius 1 is 1.43 bits per heavy atom.